The standard InChI is InChI=1S/C33H39Cl2N3O5S/c1-4-29(33(40)36-27-8-6-5-7-9-27)37(21-24-12-14-25(34)15-13-24)32(39)22-38(30-20-26(35)16-19-31(30)43-3)44(41,42)28-17-10-23(2)11-18-28/h10-20,27,29H,4-9,21-22H2,1-3H3,(H,36,40)/t29-/m1/s1. The van der Waals surface area contributed by atoms with Crippen LogP contribution in [0.15, 0.2) is 71.6 Å². The van der Waals surface area contributed by atoms with Crippen molar-refractivity contribution in [3.63, 3.8) is 0 Å². The maximum Gasteiger partial charge on any atom is 0.264 e. The SMILES string of the molecule is CC[C@H](C(=O)NC1CCCCC1)N(Cc1ccc(Cl)cc1)C(=O)CN(c1cc(Cl)ccc1OC)S(=O)(=O)c1ccc(C)cc1. The number of anilines is 1. The zero-order valence-corrected chi connectivity index (χ0v) is 27.6. The summed E-state index contributed by atoms with van der Waals surface area (Å²) in [6.45, 7) is 3.19. The van der Waals surface area contributed by atoms with Crippen molar-refractivity contribution in [1.82, 2.24) is 10.2 Å². The molecule has 0 saturated heterocycles. The second kappa shape index (κ2) is 15.1. The highest BCUT2D eigenvalue weighted by molar-refractivity contribution is 7.92. The van der Waals surface area contributed by atoms with Gasteiger partial charge in [0, 0.05) is 22.6 Å². The fraction of sp³-hybridized carbons (Fsp3) is 0.394. The van der Waals surface area contributed by atoms with Crippen molar-refractivity contribution in [2.75, 3.05) is 18.0 Å². The van der Waals surface area contributed by atoms with E-state index in [1.807, 2.05) is 13.8 Å². The number of rotatable bonds is 12. The van der Waals surface area contributed by atoms with E-state index in [9.17, 15) is 18.0 Å². The number of carbonyl (C=O) groups excluding carboxylic acids is 2. The van der Waals surface area contributed by atoms with E-state index in [1.165, 1.54) is 30.2 Å². The molecule has 1 saturated carbocycles. The lowest BCUT2D eigenvalue weighted by Crippen LogP contribution is -2.54. The van der Waals surface area contributed by atoms with Crippen LogP contribution in [0, 0.1) is 6.92 Å². The number of nitrogens with one attached hydrogen (secondary N) is 1. The third-order valence-electron chi connectivity index (χ3n) is 7.90. The molecular formula is C33H39Cl2N3O5S. The summed E-state index contributed by atoms with van der Waals surface area (Å²) in [6, 6.07) is 17.2. The second-order valence-corrected chi connectivity index (χ2v) is 13.8. The predicted molar refractivity (Wildman–Crippen MR) is 175 cm³/mol. The number of nitrogens with zero attached hydrogens (tertiary/aromatic N) is 2. The van der Waals surface area contributed by atoms with E-state index in [0.717, 1.165) is 47.5 Å². The van der Waals surface area contributed by atoms with Gasteiger partial charge in [0.2, 0.25) is 11.8 Å². The topological polar surface area (TPSA) is 96.0 Å². The number of carbonyl (C=O) groups is 2. The molecule has 0 aromatic heterocycles. The fourth-order valence-electron chi connectivity index (χ4n) is 5.46. The van der Waals surface area contributed by atoms with Crippen molar-refractivity contribution in [3.05, 3.63) is 87.9 Å². The summed E-state index contributed by atoms with van der Waals surface area (Å²) < 4.78 is 34.9. The molecule has 2 amide bonds. The first kappa shape index (κ1) is 33.6. The average Bonchev–Trinajstić information content (AvgIpc) is 3.01. The van der Waals surface area contributed by atoms with E-state index in [-0.39, 0.29) is 39.8 Å². The quantitative estimate of drug-likeness (QED) is 0.232. The Hall–Kier alpha value is -3.27. The van der Waals surface area contributed by atoms with Crippen LogP contribution in [-0.2, 0) is 26.2 Å². The predicted octanol–water partition coefficient (Wildman–Crippen LogP) is 6.76. The Bertz CT molecular complexity index is 1540. The molecule has 236 valence electrons. The normalized spacial score (nSPS) is 14.5. The third-order valence-corrected chi connectivity index (χ3v) is 10.2. The molecule has 1 aliphatic rings. The van der Waals surface area contributed by atoms with E-state index in [2.05, 4.69) is 5.32 Å². The number of halogens is 2. The minimum absolute atomic E-state index is 0.00395. The smallest absolute Gasteiger partial charge is 0.264 e. The number of hydrogen-bond acceptors (Lipinski definition) is 5. The van der Waals surface area contributed by atoms with Gasteiger partial charge in [0.15, 0.2) is 0 Å². The molecule has 0 aliphatic heterocycles. The Morgan fingerprint density at radius 2 is 1.59 bits per heavy atom. The van der Waals surface area contributed by atoms with Crippen molar-refractivity contribution in [3.8, 4) is 5.75 Å². The van der Waals surface area contributed by atoms with Crippen LogP contribution in [0.5, 0.6) is 5.75 Å². The van der Waals surface area contributed by atoms with Gasteiger partial charge in [0.1, 0.15) is 18.3 Å². The van der Waals surface area contributed by atoms with Gasteiger partial charge < -0.3 is 15.0 Å². The Labute approximate surface area is 270 Å². The van der Waals surface area contributed by atoms with E-state index >= 15 is 0 Å². The average molecular weight is 661 g/mol. The van der Waals surface area contributed by atoms with Crippen molar-refractivity contribution in [2.45, 2.75) is 75.9 Å². The monoisotopic (exact) mass is 659 g/mol. The molecule has 0 radical (unpaired) electrons. The van der Waals surface area contributed by atoms with E-state index in [4.69, 9.17) is 27.9 Å². The summed E-state index contributed by atoms with van der Waals surface area (Å²) in [5.41, 5.74) is 1.75. The zero-order chi connectivity index (χ0) is 31.9. The highest BCUT2D eigenvalue weighted by atomic mass is 35.5. The van der Waals surface area contributed by atoms with Gasteiger partial charge >= 0.3 is 0 Å². The van der Waals surface area contributed by atoms with Gasteiger partial charge in [0.05, 0.1) is 17.7 Å². The van der Waals surface area contributed by atoms with E-state index in [1.54, 1.807) is 48.5 Å². The summed E-state index contributed by atoms with van der Waals surface area (Å²) >= 11 is 12.4. The molecule has 0 heterocycles. The Morgan fingerprint density at radius 3 is 2.20 bits per heavy atom. The van der Waals surface area contributed by atoms with Gasteiger partial charge in [0.25, 0.3) is 10.0 Å². The minimum atomic E-state index is -4.27. The first-order valence-corrected chi connectivity index (χ1v) is 17.0. The number of hydrogen-bond donors (Lipinski definition) is 1. The fourth-order valence-corrected chi connectivity index (χ4v) is 7.17. The number of amides is 2. The number of ether oxygens (including phenoxy) is 1. The van der Waals surface area contributed by atoms with Gasteiger partial charge in [-0.05, 0) is 74.2 Å². The van der Waals surface area contributed by atoms with Crippen LogP contribution in [0.4, 0.5) is 5.69 Å². The van der Waals surface area contributed by atoms with Crippen LogP contribution in [-0.4, -0.2) is 50.9 Å². The third kappa shape index (κ3) is 8.25. The number of methoxy groups -OCH3 is 1. The molecule has 44 heavy (non-hydrogen) atoms. The Kier molecular flexibility index (Phi) is 11.6. The van der Waals surface area contributed by atoms with Crippen molar-refractivity contribution >= 4 is 50.7 Å². The second-order valence-electron chi connectivity index (χ2n) is 11.1. The number of benzene rings is 3. The number of sulfonamides is 1. The number of aryl methyl sites for hydroxylation is 1. The molecule has 3 aromatic carbocycles. The van der Waals surface area contributed by atoms with Crippen LogP contribution in [0.25, 0.3) is 0 Å². The highest BCUT2D eigenvalue weighted by Gasteiger charge is 2.35. The van der Waals surface area contributed by atoms with E-state index in [0.29, 0.717) is 11.4 Å². The molecule has 3 aromatic rings. The van der Waals surface area contributed by atoms with Gasteiger partial charge in [-0.1, -0.05) is 79.2 Å². The summed E-state index contributed by atoms with van der Waals surface area (Å²) in [6.07, 6.45) is 5.35. The summed E-state index contributed by atoms with van der Waals surface area (Å²) in [5, 5.41) is 3.96. The van der Waals surface area contributed by atoms with Gasteiger partial charge in [-0.15, -0.1) is 0 Å². The van der Waals surface area contributed by atoms with Crippen LogP contribution in [0.2, 0.25) is 10.0 Å². The largest absolute Gasteiger partial charge is 0.495 e. The molecule has 1 aliphatic carbocycles. The molecule has 8 nitrogen and oxygen atoms in total. The lowest BCUT2D eigenvalue weighted by molar-refractivity contribution is -0.140. The molecule has 0 spiro atoms. The molecular weight excluding hydrogens is 621 g/mol. The molecule has 0 unspecified atom stereocenters. The molecule has 0 bridgehead atoms. The zero-order valence-electron chi connectivity index (χ0n) is 25.3. The van der Waals surface area contributed by atoms with Gasteiger partial charge in [-0.25, -0.2) is 8.42 Å². The molecule has 4 rings (SSSR count). The lowest BCUT2D eigenvalue weighted by Gasteiger charge is -2.34. The van der Waals surface area contributed by atoms with Gasteiger partial charge in [-0.3, -0.25) is 13.9 Å². The first-order valence-electron chi connectivity index (χ1n) is 14.8. The molecule has 11 heteroatoms. The molecule has 1 fully saturated rings. The van der Waals surface area contributed by atoms with Crippen LogP contribution >= 0.6 is 23.2 Å². The summed E-state index contributed by atoms with van der Waals surface area (Å²) in [7, 11) is -2.86. The minimum Gasteiger partial charge on any atom is -0.495 e. The highest BCUT2D eigenvalue weighted by Crippen LogP contribution is 2.35. The maximum atomic E-state index is 14.4. The Balaban J connectivity index is 1.75. The van der Waals surface area contributed by atoms with Gasteiger partial charge in [-0.2, -0.15) is 0 Å². The van der Waals surface area contributed by atoms with Crippen LogP contribution < -0.4 is 14.4 Å². The summed E-state index contributed by atoms with van der Waals surface area (Å²) in [5.74, 6) is -0.581. The van der Waals surface area contributed by atoms with Crippen molar-refractivity contribution in [1.29, 1.82) is 0 Å². The van der Waals surface area contributed by atoms with Crippen molar-refractivity contribution in [2.24, 2.45) is 0 Å². The first-order chi connectivity index (χ1) is 21.0. The lowest BCUT2D eigenvalue weighted by atomic mass is 9.95. The summed E-state index contributed by atoms with van der Waals surface area (Å²) in [4.78, 5) is 29.5. The van der Waals surface area contributed by atoms with Crippen LogP contribution in [0.1, 0.15) is 56.6 Å². The van der Waals surface area contributed by atoms with E-state index < -0.39 is 28.5 Å². The maximum absolute atomic E-state index is 14.4. The van der Waals surface area contributed by atoms with Crippen molar-refractivity contribution < 1.29 is 22.7 Å². The van der Waals surface area contributed by atoms with Crippen LogP contribution in [0.3, 0.4) is 0 Å². The Morgan fingerprint density at radius 1 is 0.955 bits per heavy atom. The molecule has 1 N–H and O–H groups in total. The molecule has 1 atom stereocenters.